The molecule has 0 atom stereocenters. The number of ether oxygens (including phenoxy) is 1. The van der Waals surface area contributed by atoms with E-state index in [1.54, 1.807) is 12.1 Å². The Morgan fingerprint density at radius 2 is 1.85 bits per heavy atom. The van der Waals surface area contributed by atoms with Crippen molar-refractivity contribution in [2.45, 2.75) is 18.7 Å². The monoisotopic (exact) mass is 396 g/mol. The third-order valence-electron chi connectivity index (χ3n) is 3.83. The summed E-state index contributed by atoms with van der Waals surface area (Å²) in [5.74, 6) is -0.402. The van der Waals surface area contributed by atoms with Gasteiger partial charge in [-0.05, 0) is 55.3 Å². The van der Waals surface area contributed by atoms with Crippen molar-refractivity contribution in [2.24, 2.45) is 0 Å². The first-order chi connectivity index (χ1) is 12.2. The second-order valence-electron chi connectivity index (χ2n) is 5.80. The normalized spacial score (nSPS) is 11.2. The predicted molar refractivity (Wildman–Crippen MR) is 102 cm³/mol. The Balaban J connectivity index is 2.29. The molecule has 2 rings (SSSR count). The minimum atomic E-state index is -3.94. The fourth-order valence-electron chi connectivity index (χ4n) is 2.23. The molecule has 0 aliphatic rings. The standard InChI is InChI=1S/C18H21ClN2O4S/c1-12-4-6-15(10-13(12)2)21-26(23,24)17-11-14(5-7-16(17)19)18(22)20-8-9-25-3/h4-7,10-11,21H,8-9H2,1-3H3,(H,20,22). The number of amides is 1. The molecule has 2 N–H and O–H groups in total. The van der Waals surface area contributed by atoms with Gasteiger partial charge >= 0.3 is 0 Å². The zero-order valence-corrected chi connectivity index (χ0v) is 16.4. The fourth-order valence-corrected chi connectivity index (χ4v) is 3.81. The van der Waals surface area contributed by atoms with Crippen molar-refractivity contribution in [3.8, 4) is 0 Å². The molecule has 0 bridgehead atoms. The number of halogens is 1. The van der Waals surface area contributed by atoms with Gasteiger partial charge in [-0.2, -0.15) is 0 Å². The number of hydrogen-bond donors (Lipinski definition) is 2. The highest BCUT2D eigenvalue weighted by atomic mass is 35.5. The zero-order valence-electron chi connectivity index (χ0n) is 14.8. The van der Waals surface area contributed by atoms with Crippen LogP contribution in [0.1, 0.15) is 21.5 Å². The Bertz CT molecular complexity index is 913. The first-order valence-electron chi connectivity index (χ1n) is 7.91. The van der Waals surface area contributed by atoms with Crippen molar-refractivity contribution in [2.75, 3.05) is 25.0 Å². The fraction of sp³-hybridized carbons (Fsp3) is 0.278. The predicted octanol–water partition coefficient (Wildman–Crippen LogP) is 3.13. The van der Waals surface area contributed by atoms with Crippen LogP contribution in [0.15, 0.2) is 41.3 Å². The van der Waals surface area contributed by atoms with E-state index in [0.717, 1.165) is 11.1 Å². The van der Waals surface area contributed by atoms with Crippen LogP contribution < -0.4 is 10.0 Å². The lowest BCUT2D eigenvalue weighted by molar-refractivity contribution is 0.0937. The average Bonchev–Trinajstić information content (AvgIpc) is 2.58. The van der Waals surface area contributed by atoms with E-state index in [0.29, 0.717) is 18.8 Å². The van der Waals surface area contributed by atoms with E-state index in [2.05, 4.69) is 10.0 Å². The Morgan fingerprint density at radius 1 is 1.12 bits per heavy atom. The van der Waals surface area contributed by atoms with Gasteiger partial charge in [-0.1, -0.05) is 17.7 Å². The first-order valence-corrected chi connectivity index (χ1v) is 9.77. The summed E-state index contributed by atoms with van der Waals surface area (Å²) in [6, 6.07) is 9.36. The van der Waals surface area contributed by atoms with Gasteiger partial charge in [-0.15, -0.1) is 0 Å². The van der Waals surface area contributed by atoms with Crippen molar-refractivity contribution in [3.63, 3.8) is 0 Å². The van der Waals surface area contributed by atoms with Crippen molar-refractivity contribution >= 4 is 33.2 Å². The van der Waals surface area contributed by atoms with Crippen LogP contribution in [0.2, 0.25) is 5.02 Å². The topological polar surface area (TPSA) is 84.5 Å². The molecule has 140 valence electrons. The highest BCUT2D eigenvalue weighted by molar-refractivity contribution is 7.92. The minimum absolute atomic E-state index is 0.0368. The molecule has 0 saturated heterocycles. The molecule has 0 heterocycles. The lowest BCUT2D eigenvalue weighted by Crippen LogP contribution is -2.27. The van der Waals surface area contributed by atoms with Crippen molar-refractivity contribution in [3.05, 3.63) is 58.1 Å². The maximum absolute atomic E-state index is 12.7. The molecule has 0 spiro atoms. The number of methoxy groups -OCH3 is 1. The number of sulfonamides is 1. The largest absolute Gasteiger partial charge is 0.383 e. The Hall–Kier alpha value is -2.09. The van der Waals surface area contributed by atoms with Crippen LogP contribution in [0.5, 0.6) is 0 Å². The number of anilines is 1. The van der Waals surface area contributed by atoms with Gasteiger partial charge in [0.05, 0.1) is 11.6 Å². The number of hydrogen-bond acceptors (Lipinski definition) is 4. The van der Waals surface area contributed by atoms with Gasteiger partial charge in [0.2, 0.25) is 0 Å². The molecule has 0 fully saturated rings. The van der Waals surface area contributed by atoms with Crippen LogP contribution in [-0.2, 0) is 14.8 Å². The molecule has 2 aromatic rings. The van der Waals surface area contributed by atoms with E-state index in [1.807, 2.05) is 19.9 Å². The number of carbonyl (C=O) groups is 1. The SMILES string of the molecule is COCCNC(=O)c1ccc(Cl)c(S(=O)(=O)Nc2ccc(C)c(C)c2)c1. The van der Waals surface area contributed by atoms with Crippen molar-refractivity contribution in [1.82, 2.24) is 5.32 Å². The Labute approximate surface area is 158 Å². The van der Waals surface area contributed by atoms with Crippen LogP contribution in [0.4, 0.5) is 5.69 Å². The Morgan fingerprint density at radius 3 is 2.50 bits per heavy atom. The molecule has 0 aliphatic carbocycles. The van der Waals surface area contributed by atoms with Gasteiger partial charge in [-0.25, -0.2) is 8.42 Å². The van der Waals surface area contributed by atoms with Gasteiger partial charge in [0.15, 0.2) is 0 Å². The van der Waals surface area contributed by atoms with Crippen LogP contribution in [0, 0.1) is 13.8 Å². The van der Waals surface area contributed by atoms with Gasteiger partial charge in [0.1, 0.15) is 4.90 Å². The number of rotatable bonds is 7. The van der Waals surface area contributed by atoms with E-state index in [9.17, 15) is 13.2 Å². The van der Waals surface area contributed by atoms with Crippen LogP contribution in [0.25, 0.3) is 0 Å². The summed E-state index contributed by atoms with van der Waals surface area (Å²) in [6.07, 6.45) is 0. The molecule has 1 amide bonds. The summed E-state index contributed by atoms with van der Waals surface area (Å²) in [5, 5.41) is 2.68. The van der Waals surface area contributed by atoms with Gasteiger partial charge in [0, 0.05) is 24.9 Å². The summed E-state index contributed by atoms with van der Waals surface area (Å²) < 4.78 is 32.8. The summed E-state index contributed by atoms with van der Waals surface area (Å²) in [5.41, 5.74) is 2.65. The molecule has 0 saturated carbocycles. The van der Waals surface area contributed by atoms with Gasteiger partial charge in [0.25, 0.3) is 15.9 Å². The average molecular weight is 397 g/mol. The summed E-state index contributed by atoms with van der Waals surface area (Å²) in [6.45, 7) is 4.51. The smallest absolute Gasteiger partial charge is 0.263 e. The third-order valence-corrected chi connectivity index (χ3v) is 5.70. The summed E-state index contributed by atoms with van der Waals surface area (Å²) in [7, 11) is -2.42. The van der Waals surface area contributed by atoms with Gasteiger partial charge < -0.3 is 10.1 Å². The minimum Gasteiger partial charge on any atom is -0.383 e. The zero-order chi connectivity index (χ0) is 19.3. The van der Waals surface area contributed by atoms with Gasteiger partial charge in [-0.3, -0.25) is 9.52 Å². The molecule has 8 heteroatoms. The summed E-state index contributed by atoms with van der Waals surface area (Å²) >= 11 is 6.06. The molecular formula is C18H21ClN2O4S. The van der Waals surface area contributed by atoms with E-state index in [1.165, 1.54) is 25.3 Å². The highest BCUT2D eigenvalue weighted by Gasteiger charge is 2.20. The lowest BCUT2D eigenvalue weighted by atomic mass is 10.1. The molecule has 6 nitrogen and oxygen atoms in total. The molecular weight excluding hydrogens is 376 g/mol. The molecule has 2 aromatic carbocycles. The Kier molecular flexibility index (Phi) is 6.63. The molecule has 0 radical (unpaired) electrons. The number of aryl methyl sites for hydroxylation is 2. The van der Waals surface area contributed by atoms with Crippen LogP contribution in [-0.4, -0.2) is 34.6 Å². The number of benzene rings is 2. The molecule has 26 heavy (non-hydrogen) atoms. The lowest BCUT2D eigenvalue weighted by Gasteiger charge is -2.12. The molecule has 0 aromatic heterocycles. The van der Waals surface area contributed by atoms with E-state index in [-0.39, 0.29) is 15.5 Å². The second kappa shape index (κ2) is 8.53. The van der Waals surface area contributed by atoms with E-state index >= 15 is 0 Å². The van der Waals surface area contributed by atoms with Crippen molar-refractivity contribution < 1.29 is 17.9 Å². The molecule has 0 aliphatic heterocycles. The highest BCUT2D eigenvalue weighted by Crippen LogP contribution is 2.26. The maximum Gasteiger partial charge on any atom is 0.263 e. The van der Waals surface area contributed by atoms with Crippen molar-refractivity contribution in [1.29, 1.82) is 0 Å². The summed E-state index contributed by atoms with van der Waals surface area (Å²) in [4.78, 5) is 12.0. The third kappa shape index (κ3) is 4.97. The maximum atomic E-state index is 12.7. The van der Waals surface area contributed by atoms with Crippen LogP contribution in [0.3, 0.4) is 0 Å². The van der Waals surface area contributed by atoms with Crippen LogP contribution >= 0.6 is 11.6 Å². The number of nitrogens with one attached hydrogen (secondary N) is 2. The van der Waals surface area contributed by atoms with E-state index in [4.69, 9.17) is 16.3 Å². The molecule has 0 unspecified atom stereocenters. The quantitative estimate of drug-likeness (QED) is 0.704. The number of carbonyl (C=O) groups excluding carboxylic acids is 1. The first kappa shape index (κ1) is 20.2. The second-order valence-corrected chi connectivity index (χ2v) is 7.86. The van der Waals surface area contributed by atoms with E-state index < -0.39 is 15.9 Å².